The number of aromatic nitrogens is 2. The minimum Gasteiger partial charge on any atom is -0.441 e. The molecule has 0 radical (unpaired) electrons. The molecule has 0 saturated carbocycles. The second-order valence-electron chi connectivity index (χ2n) is 7.73. The van der Waals surface area contributed by atoms with Gasteiger partial charge in [0.15, 0.2) is 0 Å². The van der Waals surface area contributed by atoms with E-state index in [-0.39, 0.29) is 6.04 Å². The molecule has 7 heteroatoms. The van der Waals surface area contributed by atoms with Crippen LogP contribution in [0.4, 0.5) is 0 Å². The topological polar surface area (TPSA) is 73.2 Å². The fourth-order valence-corrected chi connectivity index (χ4v) is 4.48. The number of ether oxygens (including phenoxy) is 1. The second-order valence-corrected chi connectivity index (χ2v) is 8.68. The molecule has 1 amide bonds. The first-order valence-corrected chi connectivity index (χ1v) is 11.4. The van der Waals surface area contributed by atoms with Crippen LogP contribution in [0.25, 0.3) is 10.2 Å². The molecule has 0 unspecified atom stereocenters. The van der Waals surface area contributed by atoms with Crippen molar-refractivity contribution < 1.29 is 14.3 Å². The van der Waals surface area contributed by atoms with Gasteiger partial charge >= 0.3 is 5.97 Å². The van der Waals surface area contributed by atoms with Crippen LogP contribution < -0.4 is 5.32 Å². The summed E-state index contributed by atoms with van der Waals surface area (Å²) < 4.78 is 8.70. The zero-order chi connectivity index (χ0) is 22.5. The monoisotopic (exact) mass is 447 g/mol. The third kappa shape index (κ3) is 4.73. The zero-order valence-electron chi connectivity index (χ0n) is 18.0. The predicted octanol–water partition coefficient (Wildman–Crippen LogP) is 4.94. The molecule has 6 nitrogen and oxygen atoms in total. The number of rotatable bonds is 8. The summed E-state index contributed by atoms with van der Waals surface area (Å²) in [6.45, 7) is 4.46. The summed E-state index contributed by atoms with van der Waals surface area (Å²) in [5.74, 6) is -0.937. The number of thiophene rings is 1. The Morgan fingerprint density at radius 2 is 1.88 bits per heavy atom. The highest BCUT2D eigenvalue weighted by atomic mass is 32.1. The lowest BCUT2D eigenvalue weighted by molar-refractivity contribution is -0.130. The first kappa shape index (κ1) is 21.8. The Kier molecular flexibility index (Phi) is 6.66. The summed E-state index contributed by atoms with van der Waals surface area (Å²) in [4.78, 5) is 30.4. The van der Waals surface area contributed by atoms with Crippen LogP contribution in [0.1, 0.15) is 47.7 Å². The fraction of sp³-hybridized carbons (Fsp3) is 0.240. The SMILES string of the molecule is CC(C)n1c(C(=O)O[C@H](C(=O)NCCc2ccccc2)c2ccccn2)cc2sccc21. The average molecular weight is 448 g/mol. The van der Waals surface area contributed by atoms with Crippen LogP contribution in [0.3, 0.4) is 0 Å². The van der Waals surface area contributed by atoms with Gasteiger partial charge in [-0.25, -0.2) is 4.79 Å². The number of benzene rings is 1. The molecule has 4 rings (SSSR count). The van der Waals surface area contributed by atoms with E-state index in [1.54, 1.807) is 35.7 Å². The molecule has 0 aliphatic heterocycles. The minimum absolute atomic E-state index is 0.0673. The van der Waals surface area contributed by atoms with Crippen LogP contribution >= 0.6 is 11.3 Å². The van der Waals surface area contributed by atoms with Crippen LogP contribution in [0.15, 0.2) is 72.2 Å². The number of pyridine rings is 1. The Morgan fingerprint density at radius 1 is 1.09 bits per heavy atom. The molecule has 0 bridgehead atoms. The number of amides is 1. The van der Waals surface area contributed by atoms with Crippen LogP contribution in [0.2, 0.25) is 0 Å². The van der Waals surface area contributed by atoms with E-state index >= 15 is 0 Å². The summed E-state index contributed by atoms with van der Waals surface area (Å²) in [5.41, 5.74) is 2.93. The molecule has 0 saturated heterocycles. The van der Waals surface area contributed by atoms with Gasteiger partial charge in [0.1, 0.15) is 5.69 Å². The van der Waals surface area contributed by atoms with E-state index in [1.165, 1.54) is 0 Å². The Hall–Kier alpha value is -3.45. The number of carbonyl (C=O) groups is 2. The molecule has 0 aliphatic rings. The molecule has 164 valence electrons. The summed E-state index contributed by atoms with van der Waals surface area (Å²) in [5, 5.41) is 4.88. The van der Waals surface area contributed by atoms with Crippen molar-refractivity contribution in [1.82, 2.24) is 14.9 Å². The minimum atomic E-state index is -1.13. The van der Waals surface area contributed by atoms with Crippen molar-refractivity contribution in [3.8, 4) is 0 Å². The summed E-state index contributed by atoms with van der Waals surface area (Å²) in [7, 11) is 0. The number of esters is 1. The fourth-order valence-electron chi connectivity index (χ4n) is 3.67. The van der Waals surface area contributed by atoms with E-state index in [0.717, 1.165) is 15.8 Å². The van der Waals surface area contributed by atoms with Crippen molar-refractivity contribution in [2.45, 2.75) is 32.4 Å². The third-order valence-electron chi connectivity index (χ3n) is 5.16. The molecular formula is C25H25N3O3S. The number of fused-ring (bicyclic) bond motifs is 1. The van der Waals surface area contributed by atoms with Crippen LogP contribution in [0.5, 0.6) is 0 Å². The largest absolute Gasteiger partial charge is 0.441 e. The normalized spacial score (nSPS) is 12.1. The maximum absolute atomic E-state index is 13.2. The average Bonchev–Trinajstić information content (AvgIpc) is 3.40. The number of hydrogen-bond donors (Lipinski definition) is 1. The molecule has 1 N–H and O–H groups in total. The van der Waals surface area contributed by atoms with Gasteiger partial charge < -0.3 is 14.6 Å². The lowest BCUT2D eigenvalue weighted by atomic mass is 10.1. The van der Waals surface area contributed by atoms with Crippen molar-refractivity contribution in [2.24, 2.45) is 0 Å². The maximum atomic E-state index is 13.2. The third-order valence-corrected chi connectivity index (χ3v) is 6.01. The molecule has 3 aromatic heterocycles. The lowest BCUT2D eigenvalue weighted by Crippen LogP contribution is -2.34. The highest BCUT2D eigenvalue weighted by Gasteiger charge is 2.29. The van der Waals surface area contributed by atoms with Crippen molar-refractivity contribution in [1.29, 1.82) is 0 Å². The van der Waals surface area contributed by atoms with Crippen molar-refractivity contribution in [2.75, 3.05) is 6.54 Å². The Morgan fingerprint density at radius 3 is 2.59 bits per heavy atom. The van der Waals surface area contributed by atoms with E-state index in [9.17, 15) is 9.59 Å². The predicted molar refractivity (Wildman–Crippen MR) is 126 cm³/mol. The smallest absolute Gasteiger partial charge is 0.356 e. The van der Waals surface area contributed by atoms with E-state index in [2.05, 4.69) is 10.3 Å². The molecular weight excluding hydrogens is 422 g/mol. The first-order valence-electron chi connectivity index (χ1n) is 10.6. The summed E-state index contributed by atoms with van der Waals surface area (Å²) >= 11 is 1.57. The zero-order valence-corrected chi connectivity index (χ0v) is 18.8. The van der Waals surface area contributed by atoms with E-state index < -0.39 is 18.0 Å². The Balaban J connectivity index is 1.53. The van der Waals surface area contributed by atoms with Crippen LogP contribution in [-0.2, 0) is 16.0 Å². The highest BCUT2D eigenvalue weighted by Crippen LogP contribution is 2.30. The van der Waals surface area contributed by atoms with Crippen molar-refractivity contribution in [3.05, 3.63) is 89.2 Å². The van der Waals surface area contributed by atoms with Crippen LogP contribution in [-0.4, -0.2) is 28.0 Å². The van der Waals surface area contributed by atoms with E-state index in [0.29, 0.717) is 24.4 Å². The lowest BCUT2D eigenvalue weighted by Gasteiger charge is -2.19. The van der Waals surface area contributed by atoms with Gasteiger partial charge in [-0.2, -0.15) is 0 Å². The number of carbonyl (C=O) groups excluding carboxylic acids is 2. The number of hydrogen-bond acceptors (Lipinski definition) is 5. The number of nitrogens with zero attached hydrogens (tertiary/aromatic N) is 2. The standard InChI is InChI=1S/C25H25N3O3S/c1-17(2)28-20-12-15-32-22(20)16-21(28)25(30)31-23(19-10-6-7-13-26-19)24(29)27-14-11-18-8-4-3-5-9-18/h3-10,12-13,15-17,23H,11,14H2,1-2H3,(H,27,29)/t23-/m0/s1. The van der Waals surface area contributed by atoms with Gasteiger partial charge in [0.05, 0.1) is 15.9 Å². The molecule has 0 fully saturated rings. The first-order chi connectivity index (χ1) is 15.5. The van der Waals surface area contributed by atoms with E-state index in [1.807, 2.05) is 66.3 Å². The van der Waals surface area contributed by atoms with Gasteiger partial charge in [0.2, 0.25) is 6.10 Å². The second kappa shape index (κ2) is 9.78. The van der Waals surface area contributed by atoms with Gasteiger partial charge in [-0.1, -0.05) is 36.4 Å². The molecule has 0 spiro atoms. The van der Waals surface area contributed by atoms with Gasteiger partial charge in [0.25, 0.3) is 5.91 Å². The highest BCUT2D eigenvalue weighted by molar-refractivity contribution is 7.17. The molecule has 3 heterocycles. The van der Waals surface area contributed by atoms with Crippen molar-refractivity contribution >= 4 is 33.4 Å². The quantitative estimate of drug-likeness (QED) is 0.389. The van der Waals surface area contributed by atoms with Gasteiger partial charge in [-0.15, -0.1) is 11.3 Å². The van der Waals surface area contributed by atoms with Crippen molar-refractivity contribution in [3.63, 3.8) is 0 Å². The number of nitrogens with one attached hydrogen (secondary N) is 1. The van der Waals surface area contributed by atoms with E-state index in [4.69, 9.17) is 4.74 Å². The van der Waals surface area contributed by atoms with Crippen LogP contribution in [0, 0.1) is 0 Å². The molecule has 1 aromatic carbocycles. The Labute approximate surface area is 190 Å². The molecule has 1 atom stereocenters. The maximum Gasteiger partial charge on any atom is 0.356 e. The molecule has 4 aromatic rings. The van der Waals surface area contributed by atoms with Gasteiger partial charge in [0, 0.05) is 18.8 Å². The van der Waals surface area contributed by atoms with Gasteiger partial charge in [-0.3, -0.25) is 9.78 Å². The summed E-state index contributed by atoms with van der Waals surface area (Å²) in [6.07, 6.45) is 1.13. The molecule has 0 aliphatic carbocycles. The van der Waals surface area contributed by atoms with Gasteiger partial charge in [-0.05, 0) is 55.5 Å². The summed E-state index contributed by atoms with van der Waals surface area (Å²) in [6, 6.07) is 19.0. The Bertz CT molecular complexity index is 1200. The molecule has 32 heavy (non-hydrogen) atoms.